The molecule has 1 aliphatic rings. The summed E-state index contributed by atoms with van der Waals surface area (Å²) in [7, 11) is 3.39. The molecule has 0 aliphatic carbocycles. The van der Waals surface area contributed by atoms with Crippen molar-refractivity contribution in [2.45, 2.75) is 19.9 Å². The van der Waals surface area contributed by atoms with E-state index in [-0.39, 0.29) is 17.9 Å². The number of anilines is 1. The summed E-state index contributed by atoms with van der Waals surface area (Å²) in [4.78, 5) is 32.7. The third-order valence-corrected chi connectivity index (χ3v) is 4.66. The van der Waals surface area contributed by atoms with E-state index in [0.29, 0.717) is 28.9 Å². The quantitative estimate of drug-likeness (QED) is 0.886. The van der Waals surface area contributed by atoms with Crippen LogP contribution < -0.4 is 5.32 Å². The SMILES string of the molecule is Cc1nc(NC(=O)C(C)N2CCOCC2)sc1C(=O)N(C)C. The van der Waals surface area contributed by atoms with E-state index >= 15 is 0 Å². The van der Waals surface area contributed by atoms with Crippen LogP contribution in [0.1, 0.15) is 22.3 Å². The van der Waals surface area contributed by atoms with Crippen molar-refractivity contribution in [1.82, 2.24) is 14.8 Å². The number of thiazole rings is 1. The number of morpholine rings is 1. The standard InChI is InChI=1S/C14H22N4O3S/c1-9-11(13(20)17(3)4)22-14(15-9)16-12(19)10(2)18-5-7-21-8-6-18/h10H,5-8H2,1-4H3,(H,15,16,19). The average Bonchev–Trinajstić information content (AvgIpc) is 2.86. The van der Waals surface area contributed by atoms with Crippen LogP contribution >= 0.6 is 11.3 Å². The second kappa shape index (κ2) is 7.17. The summed E-state index contributed by atoms with van der Waals surface area (Å²) < 4.78 is 5.29. The second-order valence-corrected chi connectivity index (χ2v) is 6.45. The van der Waals surface area contributed by atoms with Gasteiger partial charge in [-0.3, -0.25) is 14.5 Å². The second-order valence-electron chi connectivity index (χ2n) is 5.45. The van der Waals surface area contributed by atoms with Crippen molar-refractivity contribution in [3.8, 4) is 0 Å². The lowest BCUT2D eigenvalue weighted by Crippen LogP contribution is -2.47. The summed E-state index contributed by atoms with van der Waals surface area (Å²) in [5.41, 5.74) is 0.637. The molecule has 0 radical (unpaired) electrons. The Morgan fingerprint density at radius 3 is 2.59 bits per heavy atom. The van der Waals surface area contributed by atoms with E-state index in [1.807, 2.05) is 6.92 Å². The van der Waals surface area contributed by atoms with E-state index in [4.69, 9.17) is 4.74 Å². The highest BCUT2D eigenvalue weighted by atomic mass is 32.1. The Labute approximate surface area is 134 Å². The third-order valence-electron chi connectivity index (χ3n) is 3.60. The van der Waals surface area contributed by atoms with Gasteiger partial charge < -0.3 is 15.0 Å². The molecule has 0 bridgehead atoms. The number of amides is 2. The van der Waals surface area contributed by atoms with Gasteiger partial charge in [-0.15, -0.1) is 0 Å². The summed E-state index contributed by atoms with van der Waals surface area (Å²) in [6.45, 7) is 6.43. The van der Waals surface area contributed by atoms with Crippen molar-refractivity contribution in [1.29, 1.82) is 0 Å². The minimum Gasteiger partial charge on any atom is -0.379 e. The van der Waals surface area contributed by atoms with Gasteiger partial charge in [0.15, 0.2) is 5.13 Å². The van der Waals surface area contributed by atoms with E-state index < -0.39 is 0 Å². The fourth-order valence-electron chi connectivity index (χ4n) is 2.19. The molecule has 2 rings (SSSR count). The van der Waals surface area contributed by atoms with Crippen LogP contribution in [0, 0.1) is 6.92 Å². The number of hydrogen-bond acceptors (Lipinski definition) is 6. The maximum Gasteiger partial charge on any atom is 0.265 e. The molecule has 22 heavy (non-hydrogen) atoms. The van der Waals surface area contributed by atoms with Crippen LogP contribution in [0.4, 0.5) is 5.13 Å². The smallest absolute Gasteiger partial charge is 0.265 e. The number of nitrogens with one attached hydrogen (secondary N) is 1. The molecule has 2 amide bonds. The highest BCUT2D eigenvalue weighted by molar-refractivity contribution is 7.17. The van der Waals surface area contributed by atoms with Gasteiger partial charge >= 0.3 is 0 Å². The van der Waals surface area contributed by atoms with Crippen LogP contribution in [0.5, 0.6) is 0 Å². The lowest BCUT2D eigenvalue weighted by atomic mass is 10.2. The molecule has 0 spiro atoms. The first-order chi connectivity index (χ1) is 10.4. The third kappa shape index (κ3) is 3.82. The van der Waals surface area contributed by atoms with Crippen LogP contribution in [-0.4, -0.2) is 73.0 Å². The van der Waals surface area contributed by atoms with E-state index in [2.05, 4.69) is 15.2 Å². The first-order valence-corrected chi connectivity index (χ1v) is 8.03. The number of carbonyl (C=O) groups excluding carboxylic acids is 2. The Morgan fingerprint density at radius 2 is 2.00 bits per heavy atom. The number of carbonyl (C=O) groups is 2. The maximum atomic E-state index is 12.3. The van der Waals surface area contributed by atoms with Gasteiger partial charge in [-0.25, -0.2) is 4.98 Å². The summed E-state index contributed by atoms with van der Waals surface area (Å²) in [5, 5.41) is 3.27. The van der Waals surface area contributed by atoms with Gasteiger partial charge in [0.2, 0.25) is 5.91 Å². The molecular formula is C14H22N4O3S. The van der Waals surface area contributed by atoms with Gasteiger partial charge in [-0.05, 0) is 13.8 Å². The van der Waals surface area contributed by atoms with E-state index in [1.165, 1.54) is 16.2 Å². The largest absolute Gasteiger partial charge is 0.379 e. The molecule has 1 atom stereocenters. The Morgan fingerprint density at radius 1 is 1.36 bits per heavy atom. The topological polar surface area (TPSA) is 74.8 Å². The molecule has 1 aromatic heterocycles. The molecule has 0 aromatic carbocycles. The molecule has 8 heteroatoms. The Hall–Kier alpha value is -1.51. The molecule has 1 saturated heterocycles. The number of ether oxygens (including phenoxy) is 1. The lowest BCUT2D eigenvalue weighted by molar-refractivity contribution is -0.122. The molecule has 1 unspecified atom stereocenters. The first kappa shape index (κ1) is 16.9. The number of rotatable bonds is 4. The average molecular weight is 326 g/mol. The van der Waals surface area contributed by atoms with Gasteiger partial charge in [0, 0.05) is 27.2 Å². The zero-order valence-electron chi connectivity index (χ0n) is 13.4. The number of aryl methyl sites for hydroxylation is 1. The monoisotopic (exact) mass is 326 g/mol. The van der Waals surface area contributed by atoms with Crippen LogP contribution in [0.2, 0.25) is 0 Å². The molecule has 0 saturated carbocycles. The lowest BCUT2D eigenvalue weighted by Gasteiger charge is -2.31. The zero-order chi connectivity index (χ0) is 16.3. The van der Waals surface area contributed by atoms with Crippen molar-refractivity contribution in [2.24, 2.45) is 0 Å². The molecular weight excluding hydrogens is 304 g/mol. The fourth-order valence-corrected chi connectivity index (χ4v) is 3.18. The van der Waals surface area contributed by atoms with Crippen molar-refractivity contribution in [2.75, 3.05) is 45.7 Å². The summed E-state index contributed by atoms with van der Waals surface area (Å²) >= 11 is 1.21. The van der Waals surface area contributed by atoms with Gasteiger partial charge in [-0.1, -0.05) is 11.3 Å². The highest BCUT2D eigenvalue weighted by Crippen LogP contribution is 2.24. The highest BCUT2D eigenvalue weighted by Gasteiger charge is 2.25. The summed E-state index contributed by atoms with van der Waals surface area (Å²) in [6, 6.07) is -0.249. The van der Waals surface area contributed by atoms with Gasteiger partial charge in [-0.2, -0.15) is 0 Å². The van der Waals surface area contributed by atoms with Gasteiger partial charge in [0.1, 0.15) is 4.88 Å². The maximum absolute atomic E-state index is 12.3. The van der Waals surface area contributed by atoms with E-state index in [9.17, 15) is 9.59 Å². The number of hydrogen-bond donors (Lipinski definition) is 1. The minimum atomic E-state index is -0.249. The zero-order valence-corrected chi connectivity index (χ0v) is 14.2. The number of nitrogens with zero attached hydrogens (tertiary/aromatic N) is 3. The predicted molar refractivity (Wildman–Crippen MR) is 85.4 cm³/mol. The molecule has 122 valence electrons. The van der Waals surface area contributed by atoms with Crippen molar-refractivity contribution in [3.63, 3.8) is 0 Å². The Kier molecular flexibility index (Phi) is 5.49. The van der Waals surface area contributed by atoms with Crippen molar-refractivity contribution >= 4 is 28.3 Å². The molecule has 1 N–H and O–H groups in total. The van der Waals surface area contributed by atoms with Gasteiger partial charge in [0.25, 0.3) is 5.91 Å². The first-order valence-electron chi connectivity index (χ1n) is 7.22. The molecule has 1 aliphatic heterocycles. The van der Waals surface area contributed by atoms with Crippen LogP contribution in [0.3, 0.4) is 0 Å². The van der Waals surface area contributed by atoms with Crippen molar-refractivity contribution < 1.29 is 14.3 Å². The Bertz CT molecular complexity index is 552. The fraction of sp³-hybridized carbons (Fsp3) is 0.643. The summed E-state index contributed by atoms with van der Waals surface area (Å²) in [6.07, 6.45) is 0. The molecule has 1 fully saturated rings. The molecule has 7 nitrogen and oxygen atoms in total. The van der Waals surface area contributed by atoms with Crippen LogP contribution in [0.25, 0.3) is 0 Å². The minimum absolute atomic E-state index is 0.100. The van der Waals surface area contributed by atoms with Crippen molar-refractivity contribution in [3.05, 3.63) is 10.6 Å². The normalized spacial score (nSPS) is 17.1. The van der Waals surface area contributed by atoms with Crippen LogP contribution in [0.15, 0.2) is 0 Å². The van der Waals surface area contributed by atoms with E-state index in [0.717, 1.165) is 13.1 Å². The Balaban J connectivity index is 2.02. The molecule has 2 heterocycles. The molecule has 1 aromatic rings. The van der Waals surface area contributed by atoms with Gasteiger partial charge in [0.05, 0.1) is 24.9 Å². The van der Waals surface area contributed by atoms with Crippen LogP contribution in [-0.2, 0) is 9.53 Å². The van der Waals surface area contributed by atoms with E-state index in [1.54, 1.807) is 21.0 Å². The summed E-state index contributed by atoms with van der Waals surface area (Å²) in [5.74, 6) is -0.212. The predicted octanol–water partition coefficient (Wildman–Crippen LogP) is 0.813. The number of aromatic nitrogens is 1.